The minimum Gasteiger partial charge on any atom is -0.368 e. The number of nitrogens with zero attached hydrogens (tertiary/aromatic N) is 2. The zero-order valence-corrected chi connectivity index (χ0v) is 8.40. The molecule has 1 rings (SSSR count). The normalized spacial score (nSPS) is 9.14. The van der Waals surface area contributed by atoms with E-state index < -0.39 is 0 Å². The van der Waals surface area contributed by atoms with Crippen molar-refractivity contribution in [3.63, 3.8) is 0 Å². The Morgan fingerprint density at radius 1 is 1.43 bits per heavy atom. The second kappa shape index (κ2) is 5.08. The smallest absolute Gasteiger partial charge is 0.0991 e. The first-order valence-corrected chi connectivity index (χ1v) is 4.67. The molecule has 2 heteroatoms. The minimum absolute atomic E-state index is 0.698. The standard InChI is InChI=1S/C12H14N2/c1-3-9-14(4-2)12-7-5-11(10-13)6-8-12/h3,5-8H,1,4,9H2,2H3. The molecule has 0 heterocycles. The molecule has 1 aromatic rings. The molecule has 0 radical (unpaired) electrons. The average molecular weight is 186 g/mol. The van der Waals surface area contributed by atoms with E-state index in [4.69, 9.17) is 5.26 Å². The van der Waals surface area contributed by atoms with E-state index in [0.29, 0.717) is 5.56 Å². The van der Waals surface area contributed by atoms with Crippen LogP contribution in [0.1, 0.15) is 12.5 Å². The van der Waals surface area contributed by atoms with E-state index >= 15 is 0 Å². The molecule has 0 amide bonds. The Bertz CT molecular complexity index is 332. The maximum absolute atomic E-state index is 8.65. The molecule has 0 spiro atoms. The molecule has 2 nitrogen and oxygen atoms in total. The Labute approximate surface area is 85.1 Å². The van der Waals surface area contributed by atoms with Crippen molar-refractivity contribution in [3.05, 3.63) is 42.5 Å². The molecule has 0 aliphatic heterocycles. The summed E-state index contributed by atoms with van der Waals surface area (Å²) < 4.78 is 0. The van der Waals surface area contributed by atoms with Crippen LogP contribution in [0, 0.1) is 11.3 Å². The third-order valence-electron chi connectivity index (χ3n) is 2.09. The van der Waals surface area contributed by atoms with Crippen LogP contribution in [0.5, 0.6) is 0 Å². The number of nitriles is 1. The fourth-order valence-electron chi connectivity index (χ4n) is 1.32. The molecule has 0 saturated heterocycles. The van der Waals surface area contributed by atoms with Gasteiger partial charge < -0.3 is 4.90 Å². The molecule has 0 aromatic heterocycles. The summed E-state index contributed by atoms with van der Waals surface area (Å²) in [5.74, 6) is 0. The van der Waals surface area contributed by atoms with Gasteiger partial charge in [0.15, 0.2) is 0 Å². The van der Waals surface area contributed by atoms with Gasteiger partial charge in [-0.1, -0.05) is 6.08 Å². The number of rotatable bonds is 4. The minimum atomic E-state index is 0.698. The van der Waals surface area contributed by atoms with Crippen LogP contribution in [-0.4, -0.2) is 13.1 Å². The Morgan fingerprint density at radius 2 is 2.07 bits per heavy atom. The van der Waals surface area contributed by atoms with Gasteiger partial charge in [-0.25, -0.2) is 0 Å². The molecule has 0 aliphatic rings. The summed E-state index contributed by atoms with van der Waals surface area (Å²) >= 11 is 0. The van der Waals surface area contributed by atoms with Crippen LogP contribution >= 0.6 is 0 Å². The van der Waals surface area contributed by atoms with Gasteiger partial charge in [0.2, 0.25) is 0 Å². The quantitative estimate of drug-likeness (QED) is 0.676. The van der Waals surface area contributed by atoms with E-state index in [0.717, 1.165) is 18.8 Å². The number of hydrogen-bond donors (Lipinski definition) is 0. The molecule has 0 atom stereocenters. The lowest BCUT2D eigenvalue weighted by atomic mass is 10.2. The summed E-state index contributed by atoms with van der Waals surface area (Å²) in [5, 5.41) is 8.65. The van der Waals surface area contributed by atoms with E-state index in [-0.39, 0.29) is 0 Å². The monoisotopic (exact) mass is 186 g/mol. The second-order valence-corrected chi connectivity index (χ2v) is 2.99. The van der Waals surface area contributed by atoms with Gasteiger partial charge in [0.25, 0.3) is 0 Å². The van der Waals surface area contributed by atoms with Crippen molar-refractivity contribution in [3.8, 4) is 6.07 Å². The van der Waals surface area contributed by atoms with Gasteiger partial charge in [-0.3, -0.25) is 0 Å². The first-order valence-electron chi connectivity index (χ1n) is 4.67. The molecule has 72 valence electrons. The van der Waals surface area contributed by atoms with E-state index in [2.05, 4.69) is 24.5 Å². The summed E-state index contributed by atoms with van der Waals surface area (Å²) in [6.45, 7) is 7.59. The molecule has 1 aromatic carbocycles. The van der Waals surface area contributed by atoms with Gasteiger partial charge in [-0.05, 0) is 31.2 Å². The molecule has 0 saturated carbocycles. The van der Waals surface area contributed by atoms with Gasteiger partial charge in [0, 0.05) is 18.8 Å². The summed E-state index contributed by atoms with van der Waals surface area (Å²) in [5.41, 5.74) is 1.83. The van der Waals surface area contributed by atoms with Gasteiger partial charge in [-0.2, -0.15) is 5.26 Å². The number of hydrogen-bond acceptors (Lipinski definition) is 2. The van der Waals surface area contributed by atoms with Gasteiger partial charge in [0.05, 0.1) is 11.6 Å². The lowest BCUT2D eigenvalue weighted by Gasteiger charge is -2.20. The highest BCUT2D eigenvalue weighted by molar-refractivity contribution is 5.49. The van der Waals surface area contributed by atoms with Crippen molar-refractivity contribution in [2.24, 2.45) is 0 Å². The summed E-state index contributed by atoms with van der Waals surface area (Å²) in [4.78, 5) is 2.19. The van der Waals surface area contributed by atoms with Crippen molar-refractivity contribution in [2.75, 3.05) is 18.0 Å². The molecule has 0 N–H and O–H groups in total. The first kappa shape index (κ1) is 10.3. The van der Waals surface area contributed by atoms with Crippen LogP contribution in [0.15, 0.2) is 36.9 Å². The lowest BCUT2D eigenvalue weighted by molar-refractivity contribution is 0.907. The van der Waals surface area contributed by atoms with Crippen molar-refractivity contribution < 1.29 is 0 Å². The van der Waals surface area contributed by atoms with Gasteiger partial charge in [-0.15, -0.1) is 6.58 Å². The van der Waals surface area contributed by atoms with E-state index in [1.807, 2.05) is 30.3 Å². The zero-order chi connectivity index (χ0) is 10.4. The van der Waals surface area contributed by atoms with Crippen molar-refractivity contribution in [1.29, 1.82) is 5.26 Å². The summed E-state index contributed by atoms with van der Waals surface area (Å²) in [6, 6.07) is 9.70. The van der Waals surface area contributed by atoms with Gasteiger partial charge >= 0.3 is 0 Å². The Kier molecular flexibility index (Phi) is 3.75. The largest absolute Gasteiger partial charge is 0.368 e. The van der Waals surface area contributed by atoms with Crippen LogP contribution in [0.3, 0.4) is 0 Å². The topological polar surface area (TPSA) is 27.0 Å². The Morgan fingerprint density at radius 3 is 2.50 bits per heavy atom. The van der Waals surface area contributed by atoms with Crippen molar-refractivity contribution >= 4 is 5.69 Å². The van der Waals surface area contributed by atoms with E-state index in [1.165, 1.54) is 0 Å². The van der Waals surface area contributed by atoms with Crippen LogP contribution in [0.2, 0.25) is 0 Å². The number of likely N-dealkylation sites (N-methyl/N-ethyl adjacent to an activating group) is 1. The molecule has 0 unspecified atom stereocenters. The van der Waals surface area contributed by atoms with Crippen LogP contribution in [-0.2, 0) is 0 Å². The number of benzene rings is 1. The SMILES string of the molecule is C=CCN(CC)c1ccc(C#N)cc1. The van der Waals surface area contributed by atoms with Crippen molar-refractivity contribution in [2.45, 2.75) is 6.92 Å². The highest BCUT2D eigenvalue weighted by Gasteiger charge is 2.00. The zero-order valence-electron chi connectivity index (χ0n) is 8.40. The number of anilines is 1. The van der Waals surface area contributed by atoms with Crippen LogP contribution in [0.25, 0.3) is 0 Å². The highest BCUT2D eigenvalue weighted by atomic mass is 15.1. The predicted molar refractivity (Wildman–Crippen MR) is 59.2 cm³/mol. The Balaban J connectivity index is 2.84. The first-order chi connectivity index (χ1) is 6.81. The molecular formula is C12H14N2. The molecular weight excluding hydrogens is 172 g/mol. The fourth-order valence-corrected chi connectivity index (χ4v) is 1.32. The summed E-state index contributed by atoms with van der Waals surface area (Å²) in [7, 11) is 0. The van der Waals surface area contributed by atoms with E-state index in [9.17, 15) is 0 Å². The highest BCUT2D eigenvalue weighted by Crippen LogP contribution is 2.14. The van der Waals surface area contributed by atoms with Crippen molar-refractivity contribution in [1.82, 2.24) is 0 Å². The molecule has 0 fully saturated rings. The molecule has 14 heavy (non-hydrogen) atoms. The Hall–Kier alpha value is -1.75. The van der Waals surface area contributed by atoms with E-state index in [1.54, 1.807) is 0 Å². The third-order valence-corrected chi connectivity index (χ3v) is 2.09. The maximum atomic E-state index is 8.65. The predicted octanol–water partition coefficient (Wildman–Crippen LogP) is 2.57. The maximum Gasteiger partial charge on any atom is 0.0991 e. The van der Waals surface area contributed by atoms with Crippen LogP contribution < -0.4 is 4.90 Å². The lowest BCUT2D eigenvalue weighted by Crippen LogP contribution is -2.22. The van der Waals surface area contributed by atoms with Crippen LogP contribution in [0.4, 0.5) is 5.69 Å². The molecule has 0 bridgehead atoms. The fraction of sp³-hybridized carbons (Fsp3) is 0.250. The summed E-state index contributed by atoms with van der Waals surface area (Å²) in [6.07, 6.45) is 1.88. The average Bonchev–Trinajstić information content (AvgIpc) is 2.26. The third kappa shape index (κ3) is 2.37. The second-order valence-electron chi connectivity index (χ2n) is 2.99. The molecule has 0 aliphatic carbocycles. The van der Waals surface area contributed by atoms with Gasteiger partial charge in [0.1, 0.15) is 0 Å².